The minimum absolute atomic E-state index is 0.00628. The molecule has 1 amide bonds. The van der Waals surface area contributed by atoms with E-state index in [4.69, 9.17) is 21.1 Å². The summed E-state index contributed by atoms with van der Waals surface area (Å²) in [6.45, 7) is 0.107. The maximum Gasteiger partial charge on any atom is 0.419 e. The van der Waals surface area contributed by atoms with Crippen LogP contribution in [0, 0.1) is 5.92 Å². The number of benzene rings is 1. The second kappa shape index (κ2) is 6.08. The van der Waals surface area contributed by atoms with Gasteiger partial charge in [-0.25, -0.2) is 9.59 Å². The van der Waals surface area contributed by atoms with Crippen molar-refractivity contribution in [2.75, 3.05) is 0 Å². The zero-order valence-corrected chi connectivity index (χ0v) is 12.9. The fourth-order valence-electron chi connectivity index (χ4n) is 2.52. The van der Waals surface area contributed by atoms with Crippen molar-refractivity contribution >= 4 is 34.6 Å². The van der Waals surface area contributed by atoms with Crippen LogP contribution in [0.1, 0.15) is 19.3 Å². The molecule has 8 heteroatoms. The second-order valence-electron chi connectivity index (χ2n) is 5.60. The van der Waals surface area contributed by atoms with Gasteiger partial charge in [-0.2, -0.15) is 0 Å². The fourth-order valence-corrected chi connectivity index (χ4v) is 2.68. The number of rotatable bonds is 6. The molecule has 0 bridgehead atoms. The van der Waals surface area contributed by atoms with Crippen LogP contribution >= 0.6 is 11.6 Å². The van der Waals surface area contributed by atoms with Gasteiger partial charge in [0.05, 0.1) is 5.52 Å². The van der Waals surface area contributed by atoms with Crippen molar-refractivity contribution in [3.05, 3.63) is 33.8 Å². The van der Waals surface area contributed by atoms with Crippen molar-refractivity contribution < 1.29 is 19.1 Å². The number of hydrogen-bond donors (Lipinski definition) is 2. The zero-order chi connectivity index (χ0) is 16.6. The van der Waals surface area contributed by atoms with Crippen molar-refractivity contribution in [1.82, 2.24) is 9.88 Å². The number of carboxylic acid groups (broad SMARTS) is 1. The normalized spacial score (nSPS) is 15.5. The molecule has 1 fully saturated rings. The van der Waals surface area contributed by atoms with Crippen LogP contribution in [0.25, 0.3) is 11.1 Å². The summed E-state index contributed by atoms with van der Waals surface area (Å²) in [6, 6.07) is 3.95. The largest absolute Gasteiger partial charge is 0.480 e. The van der Waals surface area contributed by atoms with Gasteiger partial charge < -0.3 is 14.8 Å². The third kappa shape index (κ3) is 3.39. The summed E-state index contributed by atoms with van der Waals surface area (Å²) >= 11 is 5.84. The predicted molar refractivity (Wildman–Crippen MR) is 82.4 cm³/mol. The first-order chi connectivity index (χ1) is 11.0. The zero-order valence-electron chi connectivity index (χ0n) is 12.1. The van der Waals surface area contributed by atoms with Gasteiger partial charge in [0.1, 0.15) is 6.04 Å². The molecule has 7 nitrogen and oxygen atoms in total. The topological polar surface area (TPSA) is 102 Å². The number of hydrogen-bond acceptors (Lipinski definition) is 4. The minimum Gasteiger partial charge on any atom is -0.480 e. The number of nitrogens with one attached hydrogen (secondary N) is 1. The molecule has 0 unspecified atom stereocenters. The lowest BCUT2D eigenvalue weighted by Gasteiger charge is -2.13. The Bertz CT molecular complexity index is 821. The molecule has 1 atom stereocenters. The summed E-state index contributed by atoms with van der Waals surface area (Å²) in [5, 5.41) is 12.1. The molecule has 0 spiro atoms. The Morgan fingerprint density at radius 3 is 2.83 bits per heavy atom. The summed E-state index contributed by atoms with van der Waals surface area (Å²) in [5.41, 5.74) is 0.897. The third-order valence-corrected chi connectivity index (χ3v) is 4.10. The molecule has 1 saturated carbocycles. The quantitative estimate of drug-likeness (QED) is 0.833. The molecule has 1 heterocycles. The predicted octanol–water partition coefficient (Wildman–Crippen LogP) is 1.62. The van der Waals surface area contributed by atoms with Crippen molar-refractivity contribution in [2.24, 2.45) is 5.92 Å². The highest BCUT2D eigenvalue weighted by molar-refractivity contribution is 6.31. The molecule has 23 heavy (non-hydrogen) atoms. The molecule has 0 radical (unpaired) electrons. The van der Waals surface area contributed by atoms with E-state index in [1.165, 1.54) is 10.6 Å². The van der Waals surface area contributed by atoms with Crippen LogP contribution in [0.15, 0.2) is 27.4 Å². The van der Waals surface area contributed by atoms with E-state index < -0.39 is 23.7 Å². The van der Waals surface area contributed by atoms with Crippen LogP contribution in [-0.2, 0) is 16.1 Å². The van der Waals surface area contributed by atoms with E-state index in [1.807, 2.05) is 0 Å². The molecule has 1 aromatic carbocycles. The Hall–Kier alpha value is -2.28. The number of fused-ring (bicyclic) bond motifs is 1. The number of aliphatic carboxylic acids is 1. The van der Waals surface area contributed by atoms with Crippen LogP contribution in [0.2, 0.25) is 5.02 Å². The number of aromatic nitrogens is 1. The molecule has 1 aromatic heterocycles. The number of nitrogens with zero attached hydrogens (tertiary/aromatic N) is 1. The van der Waals surface area contributed by atoms with E-state index >= 15 is 0 Å². The van der Waals surface area contributed by atoms with Crippen LogP contribution in [0.5, 0.6) is 0 Å². The smallest absolute Gasteiger partial charge is 0.419 e. The molecular weight excluding hydrogens is 324 g/mol. The van der Waals surface area contributed by atoms with Crippen LogP contribution in [-0.4, -0.2) is 27.6 Å². The Labute approximate surface area is 135 Å². The van der Waals surface area contributed by atoms with E-state index in [1.54, 1.807) is 12.1 Å². The Morgan fingerprint density at radius 1 is 1.43 bits per heavy atom. The number of oxazole rings is 1. The number of carbonyl (C=O) groups is 2. The maximum absolute atomic E-state index is 11.9. The van der Waals surface area contributed by atoms with Gasteiger partial charge in [-0.3, -0.25) is 9.36 Å². The van der Waals surface area contributed by atoms with Crippen LogP contribution in [0.3, 0.4) is 0 Å². The highest BCUT2D eigenvalue weighted by Crippen LogP contribution is 2.32. The number of aryl methyl sites for hydroxylation is 1. The molecule has 2 aromatic rings. The standard InChI is InChI=1S/C15H15ClN2O5/c16-9-3-4-10-11(7-9)23-15(22)18(10)6-5-12(19)17-13(14(20)21)8-1-2-8/h3-4,7-8,13H,1-2,5-6H2,(H,17,19)(H,20,21)/t13-/m0/s1. The Morgan fingerprint density at radius 2 is 2.17 bits per heavy atom. The van der Waals surface area contributed by atoms with Crippen molar-refractivity contribution in [1.29, 1.82) is 0 Å². The average Bonchev–Trinajstić information content (AvgIpc) is 3.26. The number of halogens is 1. The number of carbonyl (C=O) groups excluding carboxylic acids is 1. The highest BCUT2D eigenvalue weighted by Gasteiger charge is 2.37. The summed E-state index contributed by atoms with van der Waals surface area (Å²) in [4.78, 5) is 34.9. The van der Waals surface area contributed by atoms with Crippen molar-refractivity contribution in [3.8, 4) is 0 Å². The molecule has 1 aliphatic rings. The lowest BCUT2D eigenvalue weighted by atomic mass is 10.2. The summed E-state index contributed by atoms with van der Waals surface area (Å²) in [6.07, 6.45) is 1.61. The number of carboxylic acids is 1. The lowest BCUT2D eigenvalue weighted by molar-refractivity contribution is -0.142. The first-order valence-electron chi connectivity index (χ1n) is 7.27. The Kier molecular flexibility index (Phi) is 4.12. The van der Waals surface area contributed by atoms with E-state index in [0.29, 0.717) is 16.1 Å². The summed E-state index contributed by atoms with van der Waals surface area (Å²) in [7, 11) is 0. The van der Waals surface area contributed by atoms with Gasteiger partial charge in [0.15, 0.2) is 5.58 Å². The SMILES string of the molecule is O=C(CCn1c(=O)oc2cc(Cl)ccc21)N[C@H](C(=O)O)C1CC1. The molecule has 0 saturated heterocycles. The van der Waals surface area contributed by atoms with Crippen molar-refractivity contribution in [3.63, 3.8) is 0 Å². The van der Waals surface area contributed by atoms with Gasteiger partial charge in [-0.05, 0) is 30.9 Å². The number of amides is 1. The van der Waals surface area contributed by atoms with E-state index in [-0.39, 0.29) is 18.9 Å². The molecule has 122 valence electrons. The summed E-state index contributed by atoms with van der Waals surface area (Å²) < 4.78 is 6.41. The van der Waals surface area contributed by atoms with Crippen LogP contribution < -0.4 is 11.1 Å². The molecular formula is C15H15ClN2O5. The van der Waals surface area contributed by atoms with Crippen molar-refractivity contribution in [2.45, 2.75) is 31.8 Å². The van der Waals surface area contributed by atoms with Gasteiger partial charge in [0, 0.05) is 24.1 Å². The van der Waals surface area contributed by atoms with Gasteiger partial charge in [-0.1, -0.05) is 11.6 Å². The molecule has 2 N–H and O–H groups in total. The van der Waals surface area contributed by atoms with Gasteiger partial charge >= 0.3 is 11.7 Å². The molecule has 3 rings (SSSR count). The molecule has 0 aliphatic heterocycles. The maximum atomic E-state index is 11.9. The summed E-state index contributed by atoms with van der Waals surface area (Å²) in [5.74, 6) is -2.00. The minimum atomic E-state index is -1.03. The lowest BCUT2D eigenvalue weighted by Crippen LogP contribution is -2.42. The van der Waals surface area contributed by atoms with E-state index in [2.05, 4.69) is 5.32 Å². The van der Waals surface area contributed by atoms with E-state index in [9.17, 15) is 14.4 Å². The Balaban J connectivity index is 1.68. The van der Waals surface area contributed by atoms with E-state index in [0.717, 1.165) is 12.8 Å². The van der Waals surface area contributed by atoms with Gasteiger partial charge in [0.2, 0.25) is 5.91 Å². The fraction of sp³-hybridized carbons (Fsp3) is 0.400. The van der Waals surface area contributed by atoms with Gasteiger partial charge in [0.25, 0.3) is 0 Å². The third-order valence-electron chi connectivity index (χ3n) is 3.87. The monoisotopic (exact) mass is 338 g/mol. The average molecular weight is 339 g/mol. The van der Waals surface area contributed by atoms with Crippen LogP contribution in [0.4, 0.5) is 0 Å². The first-order valence-corrected chi connectivity index (χ1v) is 7.64. The molecule has 1 aliphatic carbocycles. The highest BCUT2D eigenvalue weighted by atomic mass is 35.5. The first kappa shape index (κ1) is 15.6. The van der Waals surface area contributed by atoms with Gasteiger partial charge in [-0.15, -0.1) is 0 Å². The second-order valence-corrected chi connectivity index (χ2v) is 6.04.